The molecule has 2 aliphatic heterocycles. The molecule has 1 unspecified atom stereocenters. The lowest BCUT2D eigenvalue weighted by Crippen LogP contribution is -2.58. The molecule has 2 heterocycles. The first-order valence-corrected chi connectivity index (χ1v) is 8.58. The molecule has 1 amide bonds. The Morgan fingerprint density at radius 1 is 1.04 bits per heavy atom. The highest BCUT2D eigenvalue weighted by molar-refractivity contribution is 5.85. The van der Waals surface area contributed by atoms with Crippen molar-refractivity contribution >= 4 is 30.7 Å². The summed E-state index contributed by atoms with van der Waals surface area (Å²) in [7, 11) is 0. The van der Waals surface area contributed by atoms with Gasteiger partial charge in [0, 0.05) is 38.8 Å². The van der Waals surface area contributed by atoms with Gasteiger partial charge in [-0.3, -0.25) is 9.69 Å². The number of nitrogens with zero attached hydrogens (tertiary/aromatic N) is 2. The number of morpholine rings is 1. The van der Waals surface area contributed by atoms with E-state index in [1.165, 1.54) is 25.7 Å². The molecule has 0 aromatic rings. The zero-order valence-electron chi connectivity index (χ0n) is 14.0. The Kier molecular flexibility index (Phi) is 9.16. The van der Waals surface area contributed by atoms with Crippen LogP contribution < -0.4 is 5.32 Å². The minimum atomic E-state index is -0.124. The maximum absolute atomic E-state index is 12.4. The highest BCUT2D eigenvalue weighted by Gasteiger charge is 2.31. The molecule has 5 nitrogen and oxygen atoms in total. The molecule has 0 aromatic heterocycles. The van der Waals surface area contributed by atoms with Gasteiger partial charge in [-0.2, -0.15) is 0 Å². The molecule has 1 aliphatic carbocycles. The van der Waals surface area contributed by atoms with Crippen molar-refractivity contribution in [3.8, 4) is 0 Å². The first kappa shape index (κ1) is 21.0. The van der Waals surface area contributed by atoms with Crippen LogP contribution in [0, 0.1) is 5.92 Å². The number of ether oxygens (including phenoxy) is 1. The van der Waals surface area contributed by atoms with Crippen LogP contribution in [0.1, 0.15) is 32.6 Å². The Balaban J connectivity index is 0.00000132. The van der Waals surface area contributed by atoms with Crippen LogP contribution in [-0.4, -0.2) is 73.7 Å². The van der Waals surface area contributed by atoms with E-state index in [0.29, 0.717) is 6.61 Å². The summed E-state index contributed by atoms with van der Waals surface area (Å²) < 4.78 is 5.40. The average molecular weight is 368 g/mol. The van der Waals surface area contributed by atoms with Crippen molar-refractivity contribution in [2.45, 2.75) is 44.7 Å². The van der Waals surface area contributed by atoms with Gasteiger partial charge in [0.15, 0.2) is 0 Å². The normalized spacial score (nSPS) is 32.6. The summed E-state index contributed by atoms with van der Waals surface area (Å²) in [6.45, 7) is 8.24. The first-order valence-electron chi connectivity index (χ1n) is 8.58. The summed E-state index contributed by atoms with van der Waals surface area (Å²) in [6, 6.07) is 0.635. The molecule has 0 bridgehead atoms. The van der Waals surface area contributed by atoms with Crippen molar-refractivity contribution < 1.29 is 9.53 Å². The third kappa shape index (κ3) is 5.46. The molecule has 3 rings (SSSR count). The van der Waals surface area contributed by atoms with Crippen LogP contribution in [0.3, 0.4) is 0 Å². The molecule has 1 saturated carbocycles. The molecule has 1 atom stereocenters. The Hall–Kier alpha value is -0.0700. The lowest BCUT2D eigenvalue weighted by molar-refractivity contribution is -0.138. The van der Waals surface area contributed by atoms with Gasteiger partial charge in [0.05, 0.1) is 13.2 Å². The van der Waals surface area contributed by atoms with E-state index in [9.17, 15) is 4.79 Å². The lowest BCUT2D eigenvalue weighted by atomic mass is 9.86. The number of carbonyl (C=O) groups is 1. The second-order valence-corrected chi connectivity index (χ2v) is 6.86. The van der Waals surface area contributed by atoms with E-state index in [2.05, 4.69) is 17.1 Å². The van der Waals surface area contributed by atoms with Crippen molar-refractivity contribution in [3.05, 3.63) is 0 Å². The van der Waals surface area contributed by atoms with E-state index >= 15 is 0 Å². The number of nitrogens with one attached hydrogen (secondary N) is 1. The molecule has 3 aliphatic rings. The van der Waals surface area contributed by atoms with Crippen molar-refractivity contribution in [1.82, 2.24) is 15.1 Å². The summed E-state index contributed by atoms with van der Waals surface area (Å²) in [6.07, 6.45) is 5.42. The number of hydrogen-bond acceptors (Lipinski definition) is 4. The zero-order valence-corrected chi connectivity index (χ0v) is 15.7. The molecule has 136 valence electrons. The van der Waals surface area contributed by atoms with E-state index in [1.807, 2.05) is 4.90 Å². The van der Waals surface area contributed by atoms with Gasteiger partial charge in [0.1, 0.15) is 6.04 Å². The number of amides is 1. The fraction of sp³-hybridized carbons (Fsp3) is 0.938. The topological polar surface area (TPSA) is 44.8 Å². The molecule has 0 spiro atoms. The molecule has 7 heteroatoms. The van der Waals surface area contributed by atoms with Crippen LogP contribution in [0.25, 0.3) is 0 Å². The van der Waals surface area contributed by atoms with Crippen molar-refractivity contribution in [2.75, 3.05) is 45.9 Å². The third-order valence-corrected chi connectivity index (χ3v) is 5.35. The van der Waals surface area contributed by atoms with Crippen LogP contribution in [0.2, 0.25) is 0 Å². The second kappa shape index (κ2) is 10.0. The Bertz CT molecular complexity index is 351. The summed E-state index contributed by atoms with van der Waals surface area (Å²) in [5.74, 6) is 1.13. The SMILES string of the molecule is CC1CCC(N2CCN(C(=O)C3COCCN3)CC2)CC1.Cl.Cl. The van der Waals surface area contributed by atoms with E-state index in [1.54, 1.807) is 0 Å². The minimum Gasteiger partial charge on any atom is -0.378 e. The van der Waals surface area contributed by atoms with Crippen LogP contribution in [0.15, 0.2) is 0 Å². The van der Waals surface area contributed by atoms with Gasteiger partial charge in [0.25, 0.3) is 0 Å². The Morgan fingerprint density at radius 3 is 2.26 bits per heavy atom. The molecular weight excluding hydrogens is 337 g/mol. The van der Waals surface area contributed by atoms with Gasteiger partial charge in [-0.1, -0.05) is 6.92 Å². The number of rotatable bonds is 2. The maximum Gasteiger partial charge on any atom is 0.242 e. The highest BCUT2D eigenvalue weighted by Crippen LogP contribution is 2.27. The predicted octanol–water partition coefficient (Wildman–Crippen LogP) is 1.54. The van der Waals surface area contributed by atoms with E-state index in [-0.39, 0.29) is 36.8 Å². The van der Waals surface area contributed by atoms with Gasteiger partial charge in [-0.15, -0.1) is 24.8 Å². The monoisotopic (exact) mass is 367 g/mol. The van der Waals surface area contributed by atoms with Crippen LogP contribution in [0.4, 0.5) is 0 Å². The van der Waals surface area contributed by atoms with E-state index in [0.717, 1.165) is 51.3 Å². The van der Waals surface area contributed by atoms with Crippen molar-refractivity contribution in [1.29, 1.82) is 0 Å². The molecule has 3 fully saturated rings. The first-order chi connectivity index (χ1) is 10.2. The Morgan fingerprint density at radius 2 is 1.70 bits per heavy atom. The average Bonchev–Trinajstić information content (AvgIpc) is 2.56. The molecular formula is C16H31Cl2N3O2. The van der Waals surface area contributed by atoms with Gasteiger partial charge < -0.3 is 15.0 Å². The fourth-order valence-electron chi connectivity index (χ4n) is 3.86. The summed E-state index contributed by atoms with van der Waals surface area (Å²) >= 11 is 0. The number of carbonyl (C=O) groups excluding carboxylic acids is 1. The van der Waals surface area contributed by atoms with Gasteiger partial charge in [0.2, 0.25) is 5.91 Å². The van der Waals surface area contributed by atoms with Crippen LogP contribution in [0.5, 0.6) is 0 Å². The third-order valence-electron chi connectivity index (χ3n) is 5.35. The standard InChI is InChI=1S/C16H29N3O2.2ClH/c1-13-2-4-14(5-3-13)18-7-9-19(10-8-18)16(20)15-12-21-11-6-17-15;;/h13-15,17H,2-12H2,1H3;2*1H. The fourth-order valence-corrected chi connectivity index (χ4v) is 3.86. The number of hydrogen-bond donors (Lipinski definition) is 1. The number of piperazine rings is 1. The molecule has 0 radical (unpaired) electrons. The smallest absolute Gasteiger partial charge is 0.242 e. The molecule has 23 heavy (non-hydrogen) atoms. The van der Waals surface area contributed by atoms with Crippen LogP contribution >= 0.6 is 24.8 Å². The largest absolute Gasteiger partial charge is 0.378 e. The van der Waals surface area contributed by atoms with Gasteiger partial charge in [-0.05, 0) is 31.6 Å². The van der Waals surface area contributed by atoms with E-state index < -0.39 is 0 Å². The Labute approximate surface area is 152 Å². The maximum atomic E-state index is 12.4. The minimum absolute atomic E-state index is 0. The van der Waals surface area contributed by atoms with Crippen LogP contribution in [-0.2, 0) is 9.53 Å². The summed E-state index contributed by atoms with van der Waals surface area (Å²) in [4.78, 5) is 17.1. The van der Waals surface area contributed by atoms with Crippen molar-refractivity contribution in [2.24, 2.45) is 5.92 Å². The lowest BCUT2D eigenvalue weighted by Gasteiger charge is -2.42. The predicted molar refractivity (Wildman–Crippen MR) is 96.7 cm³/mol. The molecule has 1 N–H and O–H groups in total. The summed E-state index contributed by atoms with van der Waals surface area (Å²) in [5, 5.41) is 3.27. The summed E-state index contributed by atoms with van der Waals surface area (Å²) in [5.41, 5.74) is 0. The quantitative estimate of drug-likeness (QED) is 0.803. The molecule has 2 saturated heterocycles. The highest BCUT2D eigenvalue weighted by atomic mass is 35.5. The van der Waals surface area contributed by atoms with Crippen molar-refractivity contribution in [3.63, 3.8) is 0 Å². The molecule has 0 aromatic carbocycles. The van der Waals surface area contributed by atoms with E-state index in [4.69, 9.17) is 4.74 Å². The second-order valence-electron chi connectivity index (χ2n) is 6.86. The number of halogens is 2. The van der Waals surface area contributed by atoms with Gasteiger partial charge >= 0.3 is 0 Å². The van der Waals surface area contributed by atoms with Gasteiger partial charge in [-0.25, -0.2) is 0 Å². The zero-order chi connectivity index (χ0) is 14.7.